The third-order valence-corrected chi connectivity index (χ3v) is 8.97. The van der Waals surface area contributed by atoms with Crippen LogP contribution in [0.4, 0.5) is 17.1 Å². The summed E-state index contributed by atoms with van der Waals surface area (Å²) in [6, 6.07) is -42.9. The van der Waals surface area contributed by atoms with Crippen LogP contribution in [0, 0.1) is 0 Å². The van der Waals surface area contributed by atoms with Crippen molar-refractivity contribution >= 4 is 49.6 Å². The van der Waals surface area contributed by atoms with E-state index < -0.39 is 335 Å². The number of hydrogen-bond donors (Lipinski definition) is 0. The molecule has 0 saturated carbocycles. The summed E-state index contributed by atoms with van der Waals surface area (Å²) >= 11 is 0. The first-order valence-corrected chi connectivity index (χ1v) is 17.4. The van der Waals surface area contributed by atoms with E-state index in [1.54, 1.807) is 0 Å². The van der Waals surface area contributed by atoms with Crippen LogP contribution in [0.25, 0.3) is 82.8 Å². The van der Waals surface area contributed by atoms with Crippen LogP contribution in [0.3, 0.4) is 0 Å². The van der Waals surface area contributed by atoms with Crippen LogP contribution in [0.2, 0.25) is 0 Å². The van der Waals surface area contributed by atoms with Gasteiger partial charge in [-0.15, -0.1) is 0 Å². The van der Waals surface area contributed by atoms with E-state index in [9.17, 15) is 24.7 Å². The van der Waals surface area contributed by atoms with Crippen LogP contribution >= 0.6 is 0 Å². The highest BCUT2D eigenvalue weighted by molar-refractivity contribution is 6.11. The van der Waals surface area contributed by atoms with E-state index >= 15 is 0 Å². The molecule has 0 N–H and O–H groups in total. The second-order valence-electron chi connectivity index (χ2n) is 12.4. The molecular formula is C58H40N2. The zero-order valence-corrected chi connectivity index (χ0v) is 30.0. The Morgan fingerprint density at radius 1 is 0.333 bits per heavy atom. The van der Waals surface area contributed by atoms with Crippen LogP contribution in [0.1, 0.15) is 53.5 Å². The molecule has 282 valence electrons. The van der Waals surface area contributed by atoms with E-state index in [-0.39, 0.29) is 4.90 Å². The SMILES string of the molecule is [2H]c1c(-c2c([2H])c([2H])c([2H])c([2H])c2[2H])cc(-c2c([2H])c([2H])c([2H])c([2H])c2[2H])c(N(c2c([2H])c([2H])c(-c3c([2H])c([2H])c([2H])c([2H])c3[2H])c([2H])c2[2H])c2c([2H])c([2H])c(-c3c([2H])c([2H])c4c(c3[2H])c3c([2H])c([2H])c([2H])c([2H])c3n4-c3c([2H])c([2H])c([2H])c4c([2H])c([2H])c([2H])c([2H])c34)c([2H])c2[2H])c1[2H]. The van der Waals surface area contributed by atoms with Crippen molar-refractivity contribution in [1.82, 2.24) is 4.57 Å². The smallest absolute Gasteiger partial charge is 0.0645 e. The molecule has 2 nitrogen and oxygen atoms in total. The van der Waals surface area contributed by atoms with Gasteiger partial charge in [0, 0.05) is 33.1 Å². The van der Waals surface area contributed by atoms with Crippen molar-refractivity contribution in [2.45, 2.75) is 0 Å². The molecule has 1 aromatic heterocycles. The molecule has 60 heavy (non-hydrogen) atoms. The van der Waals surface area contributed by atoms with E-state index in [2.05, 4.69) is 0 Å². The summed E-state index contributed by atoms with van der Waals surface area (Å²) < 4.78 is 355. The van der Waals surface area contributed by atoms with Gasteiger partial charge in [-0.1, -0.05) is 181 Å². The van der Waals surface area contributed by atoms with Crippen molar-refractivity contribution in [3.63, 3.8) is 0 Å². The highest BCUT2D eigenvalue weighted by atomic mass is 15.1. The van der Waals surface area contributed by atoms with Gasteiger partial charge >= 0.3 is 0 Å². The predicted molar refractivity (Wildman–Crippen MR) is 255 cm³/mol. The lowest BCUT2D eigenvalue weighted by atomic mass is 9.96. The maximum absolute atomic E-state index is 9.98. The number of nitrogens with zero attached hydrogens (tertiary/aromatic N) is 2. The summed E-state index contributed by atoms with van der Waals surface area (Å²) in [5.74, 6) is 0. The Hall–Kier alpha value is -7.94. The molecule has 2 heteroatoms. The average molecular weight is 804 g/mol. The van der Waals surface area contributed by atoms with Crippen molar-refractivity contribution in [3.8, 4) is 50.2 Å². The zero-order chi connectivity index (χ0) is 73.8. The Bertz CT molecular complexity index is 5470. The van der Waals surface area contributed by atoms with Crippen LogP contribution in [0.5, 0.6) is 0 Å². The molecule has 0 saturated heterocycles. The van der Waals surface area contributed by atoms with E-state index in [1.165, 1.54) is 0 Å². The minimum atomic E-state index is -1.46. The molecule has 0 aliphatic rings. The van der Waals surface area contributed by atoms with Gasteiger partial charge in [-0.25, -0.2) is 0 Å². The normalized spacial score (nSPS) is 20.4. The highest BCUT2D eigenvalue weighted by Crippen LogP contribution is 2.44. The maximum Gasteiger partial charge on any atom is 0.0645 e. The third kappa shape index (κ3) is 6.32. The van der Waals surface area contributed by atoms with Crippen molar-refractivity contribution in [2.75, 3.05) is 4.90 Å². The number of aromatic nitrogens is 1. The molecule has 0 amide bonds. The zero-order valence-electron chi connectivity index (χ0n) is 69.0. The van der Waals surface area contributed by atoms with Crippen molar-refractivity contribution < 1.29 is 53.5 Å². The summed E-state index contributed by atoms with van der Waals surface area (Å²) in [5, 5.41) is -2.87. The second-order valence-corrected chi connectivity index (χ2v) is 12.4. The number of anilines is 3. The Labute approximate surface area is 405 Å². The van der Waals surface area contributed by atoms with Gasteiger partial charge in [0.15, 0.2) is 0 Å². The number of fused-ring (bicyclic) bond motifs is 4. The lowest BCUT2D eigenvalue weighted by Crippen LogP contribution is -2.11. The molecule has 11 rings (SSSR count). The molecule has 10 aromatic carbocycles. The Kier molecular flexibility index (Phi) is 3.34. The van der Waals surface area contributed by atoms with Crippen LogP contribution in [-0.4, -0.2) is 4.57 Å². The monoisotopic (exact) mass is 804 g/mol. The number of benzene rings is 10. The molecule has 0 aliphatic heterocycles. The Balaban J connectivity index is 1.35. The first kappa shape index (κ1) is 13.3. The quantitative estimate of drug-likeness (QED) is 0.149. The Morgan fingerprint density at radius 3 is 1.50 bits per heavy atom. The standard InChI is InChI=1S/C58H40N2/c1-4-15-41(16-5-1)43-27-33-49(34-28-43)59(57-37-31-47(42-17-6-2-7-18-42)39-53(57)46-19-8-3-9-20-46)50-35-29-44(30-36-50)48-32-38-58-54(40-48)52-24-12-13-25-56(52)60(58)55-26-14-22-45-21-10-11-23-51(45)55/h1-40H/i1D,2D,3D,4D,5D,6D,7D,8D,9D,10D,11D,12D,13D,14D,15D,16D,17D,18D,19D,20D,21D,22D,23D,24D,25D,26D,27D,28D,29D,30D,31D,32D,33D,34D,35D,36D,37D,38D,40D. The number of para-hydroxylation sites is 1. The van der Waals surface area contributed by atoms with Crippen LogP contribution in [0.15, 0.2) is 242 Å². The van der Waals surface area contributed by atoms with Crippen LogP contribution < -0.4 is 4.90 Å². The molecule has 1 heterocycles. The van der Waals surface area contributed by atoms with Crippen LogP contribution in [-0.2, 0) is 0 Å². The molecule has 0 radical (unpaired) electrons. The van der Waals surface area contributed by atoms with Gasteiger partial charge in [0.25, 0.3) is 0 Å². The lowest BCUT2D eigenvalue weighted by Gasteiger charge is -2.29. The first-order valence-electron chi connectivity index (χ1n) is 36.9. The summed E-state index contributed by atoms with van der Waals surface area (Å²) in [6.45, 7) is 0. The molecule has 0 fully saturated rings. The number of hydrogen-bond acceptors (Lipinski definition) is 1. The van der Waals surface area contributed by atoms with Gasteiger partial charge in [-0.2, -0.15) is 0 Å². The van der Waals surface area contributed by atoms with E-state index in [0.29, 0.717) is 10.6 Å². The molecule has 0 aliphatic carbocycles. The fourth-order valence-electron chi connectivity index (χ4n) is 6.34. The molecule has 0 bridgehead atoms. The van der Waals surface area contributed by atoms with Gasteiger partial charge in [0.05, 0.1) is 75.9 Å². The van der Waals surface area contributed by atoms with E-state index in [4.69, 9.17) is 28.8 Å². The van der Waals surface area contributed by atoms with Crippen molar-refractivity contribution in [1.29, 1.82) is 0 Å². The summed E-state index contributed by atoms with van der Waals surface area (Å²) in [4.78, 5) is 0.256. The summed E-state index contributed by atoms with van der Waals surface area (Å²) in [5.41, 5.74) is -14.0. The Morgan fingerprint density at radius 2 is 0.817 bits per heavy atom. The van der Waals surface area contributed by atoms with Crippen molar-refractivity contribution in [3.05, 3.63) is 242 Å². The van der Waals surface area contributed by atoms with E-state index in [0.717, 1.165) is 0 Å². The first-order chi connectivity index (χ1) is 46.0. The summed E-state index contributed by atoms with van der Waals surface area (Å²) in [7, 11) is 0. The third-order valence-electron chi connectivity index (χ3n) is 8.97. The minimum Gasteiger partial charge on any atom is -0.310 e. The molecule has 11 aromatic rings. The number of rotatable bonds is 8. The average Bonchev–Trinajstić information content (AvgIpc) is 1.33. The minimum absolute atomic E-state index is 0.256. The van der Waals surface area contributed by atoms with Gasteiger partial charge in [-0.3, -0.25) is 0 Å². The largest absolute Gasteiger partial charge is 0.310 e. The lowest BCUT2D eigenvalue weighted by molar-refractivity contribution is 1.20. The molecular weight excluding hydrogens is 725 g/mol. The van der Waals surface area contributed by atoms with E-state index in [1.807, 2.05) is 0 Å². The second kappa shape index (κ2) is 15.1. The topological polar surface area (TPSA) is 8.17 Å². The fourth-order valence-corrected chi connectivity index (χ4v) is 6.34. The fraction of sp³-hybridized carbons (Fsp3) is 0. The molecule has 0 unspecified atom stereocenters. The summed E-state index contributed by atoms with van der Waals surface area (Å²) in [6.07, 6.45) is 0. The van der Waals surface area contributed by atoms with Gasteiger partial charge < -0.3 is 9.47 Å². The van der Waals surface area contributed by atoms with Crippen molar-refractivity contribution in [2.24, 2.45) is 0 Å². The highest BCUT2D eigenvalue weighted by Gasteiger charge is 2.20. The maximum atomic E-state index is 9.98. The van der Waals surface area contributed by atoms with Gasteiger partial charge in [0.1, 0.15) is 0 Å². The van der Waals surface area contributed by atoms with Gasteiger partial charge in [0.2, 0.25) is 0 Å². The molecule has 0 spiro atoms. The predicted octanol–water partition coefficient (Wildman–Crippen LogP) is 16.1. The van der Waals surface area contributed by atoms with Gasteiger partial charge in [-0.05, 0) is 105 Å². The molecule has 0 atom stereocenters.